The highest BCUT2D eigenvalue weighted by Crippen LogP contribution is 2.39. The van der Waals surface area contributed by atoms with E-state index in [4.69, 9.17) is 17.3 Å². The predicted octanol–water partition coefficient (Wildman–Crippen LogP) is 5.01. The van der Waals surface area contributed by atoms with Crippen LogP contribution in [0.3, 0.4) is 0 Å². The summed E-state index contributed by atoms with van der Waals surface area (Å²) in [5.41, 5.74) is 10.4. The van der Waals surface area contributed by atoms with E-state index in [9.17, 15) is 0 Å². The van der Waals surface area contributed by atoms with Crippen LogP contribution in [0.25, 0.3) is 0 Å². The number of nitrogens with two attached hydrogens (primary N) is 1. The molecule has 2 unspecified atom stereocenters. The number of benzene rings is 2. The number of fused-ring (bicyclic) bond motifs is 1. The van der Waals surface area contributed by atoms with Crippen molar-refractivity contribution in [1.82, 2.24) is 0 Å². The van der Waals surface area contributed by atoms with Crippen molar-refractivity contribution in [2.75, 3.05) is 0 Å². The van der Waals surface area contributed by atoms with Gasteiger partial charge in [-0.05, 0) is 67.1 Å². The highest BCUT2D eigenvalue weighted by Gasteiger charge is 2.19. The fraction of sp³-hybridized carbons (Fsp3) is 0.333. The van der Waals surface area contributed by atoms with Crippen molar-refractivity contribution in [3.8, 4) is 0 Å². The maximum Gasteiger partial charge on any atom is 0.0493 e. The molecule has 0 heterocycles. The first-order valence-electron chi connectivity index (χ1n) is 7.43. The Bertz CT molecular complexity index is 639. The van der Waals surface area contributed by atoms with E-state index < -0.39 is 0 Å². The third-order valence-corrected chi connectivity index (χ3v) is 5.70. The molecular formula is C18H20ClNS. The van der Waals surface area contributed by atoms with E-state index >= 15 is 0 Å². The summed E-state index contributed by atoms with van der Waals surface area (Å²) in [6.45, 7) is 2.06. The van der Waals surface area contributed by atoms with Gasteiger partial charge >= 0.3 is 0 Å². The van der Waals surface area contributed by atoms with Gasteiger partial charge in [0, 0.05) is 21.2 Å². The zero-order valence-corrected chi connectivity index (χ0v) is 13.8. The van der Waals surface area contributed by atoms with Crippen molar-refractivity contribution in [1.29, 1.82) is 0 Å². The fourth-order valence-electron chi connectivity index (χ4n) is 2.93. The van der Waals surface area contributed by atoms with E-state index in [1.165, 1.54) is 40.8 Å². The molecule has 0 fully saturated rings. The topological polar surface area (TPSA) is 26.0 Å². The summed E-state index contributed by atoms with van der Waals surface area (Å²) in [7, 11) is 0. The van der Waals surface area contributed by atoms with Gasteiger partial charge in [-0.1, -0.05) is 29.8 Å². The van der Waals surface area contributed by atoms with Crippen molar-refractivity contribution in [2.24, 2.45) is 5.73 Å². The minimum atomic E-state index is 0.0710. The molecule has 110 valence electrons. The predicted molar refractivity (Wildman–Crippen MR) is 92.2 cm³/mol. The maximum atomic E-state index is 6.22. The summed E-state index contributed by atoms with van der Waals surface area (Å²) in [5, 5.41) is 0.996. The molecule has 0 saturated carbocycles. The molecule has 1 aliphatic carbocycles. The molecular weight excluding hydrogens is 298 g/mol. The zero-order valence-electron chi connectivity index (χ0n) is 12.2. The smallest absolute Gasteiger partial charge is 0.0493 e. The van der Waals surface area contributed by atoms with Crippen LogP contribution in [0.5, 0.6) is 0 Å². The van der Waals surface area contributed by atoms with Crippen LogP contribution in [0.4, 0.5) is 0 Å². The Morgan fingerprint density at radius 1 is 1.10 bits per heavy atom. The van der Waals surface area contributed by atoms with Gasteiger partial charge in [0.2, 0.25) is 0 Å². The molecule has 21 heavy (non-hydrogen) atoms. The van der Waals surface area contributed by atoms with Crippen LogP contribution in [0.2, 0.25) is 5.02 Å². The van der Waals surface area contributed by atoms with Gasteiger partial charge in [-0.25, -0.2) is 0 Å². The van der Waals surface area contributed by atoms with Crippen LogP contribution in [0, 0.1) is 0 Å². The highest BCUT2D eigenvalue weighted by molar-refractivity contribution is 7.99. The summed E-state index contributed by atoms with van der Waals surface area (Å²) in [6, 6.07) is 15.0. The number of halogens is 1. The number of hydrogen-bond acceptors (Lipinski definition) is 2. The Morgan fingerprint density at radius 2 is 1.90 bits per heavy atom. The lowest BCUT2D eigenvalue weighted by Gasteiger charge is -2.21. The monoisotopic (exact) mass is 317 g/mol. The molecule has 2 atom stereocenters. The Hall–Kier alpha value is -0.960. The molecule has 2 N–H and O–H groups in total. The van der Waals surface area contributed by atoms with Gasteiger partial charge < -0.3 is 5.73 Å². The summed E-state index contributed by atoms with van der Waals surface area (Å²) < 4.78 is 0. The van der Waals surface area contributed by atoms with Gasteiger partial charge in [0.05, 0.1) is 0 Å². The Kier molecular flexibility index (Phi) is 4.58. The second-order valence-corrected chi connectivity index (χ2v) is 7.39. The second kappa shape index (κ2) is 6.43. The van der Waals surface area contributed by atoms with Crippen LogP contribution < -0.4 is 5.73 Å². The highest BCUT2D eigenvalue weighted by atomic mass is 35.5. The van der Waals surface area contributed by atoms with Crippen molar-refractivity contribution in [3.05, 3.63) is 64.2 Å². The van der Waals surface area contributed by atoms with Gasteiger partial charge in [-0.2, -0.15) is 0 Å². The molecule has 1 aliphatic rings. The van der Waals surface area contributed by atoms with E-state index in [-0.39, 0.29) is 11.3 Å². The molecule has 0 spiro atoms. The van der Waals surface area contributed by atoms with Crippen LogP contribution in [0.1, 0.15) is 35.3 Å². The van der Waals surface area contributed by atoms with Crippen LogP contribution in [-0.2, 0) is 12.8 Å². The number of rotatable bonds is 4. The summed E-state index contributed by atoms with van der Waals surface area (Å²) in [4.78, 5) is 1.30. The van der Waals surface area contributed by atoms with Crippen LogP contribution in [-0.4, -0.2) is 6.04 Å². The summed E-state index contributed by atoms with van der Waals surface area (Å²) in [6.07, 6.45) is 3.73. The van der Waals surface area contributed by atoms with Crippen molar-refractivity contribution in [2.45, 2.75) is 42.4 Å². The molecule has 0 aromatic heterocycles. The van der Waals surface area contributed by atoms with Crippen LogP contribution in [0.15, 0.2) is 47.4 Å². The molecule has 2 aromatic carbocycles. The Labute approximate surface area is 135 Å². The Morgan fingerprint density at radius 3 is 2.67 bits per heavy atom. The van der Waals surface area contributed by atoms with Gasteiger partial charge in [0.25, 0.3) is 0 Å². The largest absolute Gasteiger partial charge is 0.327 e. The third kappa shape index (κ3) is 3.45. The Balaban J connectivity index is 1.86. The van der Waals surface area contributed by atoms with Gasteiger partial charge in [0.1, 0.15) is 0 Å². The molecule has 1 nitrogen and oxygen atoms in total. The molecule has 0 amide bonds. The van der Waals surface area contributed by atoms with Gasteiger partial charge in [0.15, 0.2) is 0 Å². The van der Waals surface area contributed by atoms with Crippen LogP contribution >= 0.6 is 23.4 Å². The first kappa shape index (κ1) is 15.0. The van der Waals surface area contributed by atoms with Gasteiger partial charge in [-0.3, -0.25) is 0 Å². The van der Waals surface area contributed by atoms with Crippen molar-refractivity contribution < 1.29 is 0 Å². The average Bonchev–Trinajstić information content (AvgIpc) is 2.92. The minimum Gasteiger partial charge on any atom is -0.327 e. The lowest BCUT2D eigenvalue weighted by Crippen LogP contribution is -2.22. The van der Waals surface area contributed by atoms with E-state index in [2.05, 4.69) is 31.2 Å². The summed E-state index contributed by atoms with van der Waals surface area (Å²) >= 11 is 7.96. The van der Waals surface area contributed by atoms with E-state index in [0.29, 0.717) is 0 Å². The molecule has 3 rings (SSSR count). The van der Waals surface area contributed by atoms with Gasteiger partial charge in [-0.15, -0.1) is 11.8 Å². The quantitative estimate of drug-likeness (QED) is 0.802. The number of aryl methyl sites for hydroxylation is 2. The first-order chi connectivity index (χ1) is 10.1. The lowest BCUT2D eigenvalue weighted by atomic mass is 10.1. The molecule has 2 aromatic rings. The summed E-state index contributed by atoms with van der Waals surface area (Å²) in [5.74, 6) is 0. The lowest BCUT2D eigenvalue weighted by molar-refractivity contribution is 0.721. The normalized spacial score (nSPS) is 16.5. The molecule has 0 saturated heterocycles. The molecule has 3 heteroatoms. The number of hydrogen-bond donors (Lipinski definition) is 1. The fourth-order valence-corrected chi connectivity index (χ4v) is 4.28. The maximum absolute atomic E-state index is 6.22. The van der Waals surface area contributed by atoms with E-state index in [0.717, 1.165) is 5.02 Å². The second-order valence-electron chi connectivity index (χ2n) is 5.74. The number of thioether (sulfide) groups is 1. The standard InChI is InChI=1S/C18H20ClNS/c1-12(20)18(15-6-3-7-16(19)10-15)21-17-9-8-13-4-2-5-14(13)11-17/h3,6-12,18H,2,4-5,20H2,1H3. The van der Waals surface area contributed by atoms with E-state index in [1.54, 1.807) is 0 Å². The molecule has 0 radical (unpaired) electrons. The molecule has 0 bridgehead atoms. The van der Waals surface area contributed by atoms with E-state index in [1.807, 2.05) is 30.0 Å². The van der Waals surface area contributed by atoms with Crippen molar-refractivity contribution >= 4 is 23.4 Å². The minimum absolute atomic E-state index is 0.0710. The average molecular weight is 318 g/mol. The first-order valence-corrected chi connectivity index (χ1v) is 8.69. The van der Waals surface area contributed by atoms with Crippen molar-refractivity contribution in [3.63, 3.8) is 0 Å². The third-order valence-electron chi connectivity index (χ3n) is 3.99. The zero-order chi connectivity index (χ0) is 14.8. The molecule has 0 aliphatic heterocycles. The SMILES string of the molecule is CC(N)C(Sc1ccc2c(c1)CCC2)c1cccc(Cl)c1.